The molecule has 38 heavy (non-hydrogen) atoms. The highest BCUT2D eigenvalue weighted by molar-refractivity contribution is 6.31. The van der Waals surface area contributed by atoms with Crippen molar-refractivity contribution in [2.75, 3.05) is 0 Å². The minimum absolute atomic E-state index is 0.764. The Morgan fingerprint density at radius 1 is 0.579 bits per heavy atom. The van der Waals surface area contributed by atoms with Crippen LogP contribution in [0.1, 0.15) is 23.6 Å². The molecule has 0 spiro atoms. The van der Waals surface area contributed by atoms with E-state index in [1.165, 1.54) is 33.4 Å². The molecule has 0 aromatic heterocycles. The fraction of sp³-hybridized carbons (Fsp3) is 0.0811. The maximum Gasteiger partial charge on any atom is 0.0414 e. The van der Waals surface area contributed by atoms with Gasteiger partial charge in [-0.3, -0.25) is 0 Å². The van der Waals surface area contributed by atoms with Crippen LogP contribution in [0.5, 0.6) is 0 Å². The maximum atomic E-state index is 6.27. The van der Waals surface area contributed by atoms with Crippen LogP contribution in [0.15, 0.2) is 115 Å². The smallest absolute Gasteiger partial charge is 0.0414 e. The minimum Gasteiger partial charge on any atom is -0.0911 e. The number of aryl methyl sites for hydroxylation is 2. The molecule has 0 unspecified atom stereocenters. The van der Waals surface area contributed by atoms with Gasteiger partial charge in [-0.05, 0) is 106 Å². The average Bonchev–Trinajstić information content (AvgIpc) is 2.92. The first kappa shape index (κ1) is 25.5. The molecular weight excluding hydrogens is 480 g/mol. The van der Waals surface area contributed by atoms with Crippen LogP contribution in [0.3, 0.4) is 0 Å². The van der Waals surface area contributed by atoms with Gasteiger partial charge in [0, 0.05) is 5.02 Å². The zero-order valence-electron chi connectivity index (χ0n) is 22.1. The fourth-order valence-electron chi connectivity index (χ4n) is 4.79. The molecule has 0 saturated heterocycles. The standard InChI is InChI=1S/C37H31Cl/c1-5-28(29-10-12-31(13-11-29)30-8-6-25(2)7-9-30)23-34-18-19-35(22-27(34)4)32-14-16-33(17-15-32)36-20-26(3)21-37(38)24-36/h5-24H,4H2,1-3H3/b28-5+,34-23-. The van der Waals surface area contributed by atoms with Gasteiger partial charge in [-0.1, -0.05) is 121 Å². The summed E-state index contributed by atoms with van der Waals surface area (Å²) in [6.07, 6.45) is 4.38. The highest BCUT2D eigenvalue weighted by Crippen LogP contribution is 2.27. The van der Waals surface area contributed by atoms with Gasteiger partial charge in [-0.15, -0.1) is 0 Å². The van der Waals surface area contributed by atoms with Crippen LogP contribution in [0.25, 0.3) is 51.6 Å². The number of rotatable bonds is 5. The normalized spacial score (nSPS) is 12.1. The van der Waals surface area contributed by atoms with E-state index in [9.17, 15) is 0 Å². The molecule has 186 valence electrons. The molecule has 0 nitrogen and oxygen atoms in total. The predicted octanol–water partition coefficient (Wildman–Crippen LogP) is 9.25. The van der Waals surface area contributed by atoms with Crippen molar-refractivity contribution in [3.63, 3.8) is 0 Å². The molecule has 0 saturated carbocycles. The molecule has 0 atom stereocenters. The van der Waals surface area contributed by atoms with Gasteiger partial charge in [0.05, 0.1) is 0 Å². The second kappa shape index (κ2) is 11.1. The highest BCUT2D eigenvalue weighted by atomic mass is 35.5. The third-order valence-corrected chi connectivity index (χ3v) is 7.18. The number of allylic oxidation sites excluding steroid dienone is 2. The molecule has 5 aromatic carbocycles. The molecule has 1 heteroatoms. The predicted molar refractivity (Wildman–Crippen MR) is 167 cm³/mol. The minimum atomic E-state index is 0.764. The molecule has 0 aliphatic carbocycles. The van der Waals surface area contributed by atoms with Gasteiger partial charge in [0.1, 0.15) is 0 Å². The van der Waals surface area contributed by atoms with Crippen LogP contribution in [0, 0.1) is 13.8 Å². The zero-order chi connectivity index (χ0) is 26.6. The third kappa shape index (κ3) is 5.72. The Hall–Kier alpha value is -4.13. The third-order valence-electron chi connectivity index (χ3n) is 6.96. The number of hydrogen-bond donors (Lipinski definition) is 0. The largest absolute Gasteiger partial charge is 0.0911 e. The summed E-state index contributed by atoms with van der Waals surface area (Å²) >= 11 is 6.27. The Labute approximate surface area is 230 Å². The molecule has 5 rings (SSSR count). The van der Waals surface area contributed by atoms with Crippen LogP contribution < -0.4 is 10.4 Å². The van der Waals surface area contributed by atoms with Crippen LogP contribution in [-0.4, -0.2) is 0 Å². The van der Waals surface area contributed by atoms with Gasteiger partial charge in [-0.2, -0.15) is 0 Å². The first-order chi connectivity index (χ1) is 18.4. The van der Waals surface area contributed by atoms with Crippen molar-refractivity contribution >= 4 is 29.8 Å². The molecule has 0 aliphatic rings. The van der Waals surface area contributed by atoms with Crippen LogP contribution in [0.4, 0.5) is 0 Å². The summed E-state index contributed by atoms with van der Waals surface area (Å²) in [6.45, 7) is 10.6. The second-order valence-corrected chi connectivity index (χ2v) is 10.3. The van der Waals surface area contributed by atoms with E-state index in [4.69, 9.17) is 11.6 Å². The first-order valence-corrected chi connectivity index (χ1v) is 13.3. The van der Waals surface area contributed by atoms with Gasteiger partial charge < -0.3 is 0 Å². The summed E-state index contributed by atoms with van der Waals surface area (Å²) in [4.78, 5) is 0. The van der Waals surface area contributed by atoms with E-state index in [0.29, 0.717) is 0 Å². The molecule has 0 N–H and O–H groups in total. The molecule has 0 radical (unpaired) electrons. The van der Waals surface area contributed by atoms with E-state index < -0.39 is 0 Å². The Bertz CT molecular complexity index is 1700. The number of halogens is 1. The quantitative estimate of drug-likeness (QED) is 0.221. The van der Waals surface area contributed by atoms with E-state index in [-0.39, 0.29) is 0 Å². The Kier molecular flexibility index (Phi) is 7.45. The SMILES string of the molecule is C=c1cc(-c2ccc(-c3cc(C)cc(Cl)c3)cc2)cc/c1=C/C(=C\C)c1ccc(-c2ccc(C)cc2)cc1. The van der Waals surface area contributed by atoms with Gasteiger partial charge in [-0.25, -0.2) is 0 Å². The second-order valence-electron chi connectivity index (χ2n) is 9.84. The van der Waals surface area contributed by atoms with Crippen molar-refractivity contribution in [3.05, 3.63) is 147 Å². The summed E-state index contributed by atoms with van der Waals surface area (Å²) in [5, 5.41) is 2.89. The zero-order valence-corrected chi connectivity index (χ0v) is 22.9. The molecule has 0 aliphatic heterocycles. The van der Waals surface area contributed by atoms with Crippen molar-refractivity contribution in [2.24, 2.45) is 0 Å². The summed E-state index contributed by atoms with van der Waals surface area (Å²) in [5.41, 5.74) is 11.9. The maximum absolute atomic E-state index is 6.27. The lowest BCUT2D eigenvalue weighted by Crippen LogP contribution is -2.22. The monoisotopic (exact) mass is 510 g/mol. The van der Waals surface area contributed by atoms with Crippen molar-refractivity contribution in [1.29, 1.82) is 0 Å². The van der Waals surface area contributed by atoms with E-state index in [0.717, 1.165) is 37.7 Å². The topological polar surface area (TPSA) is 0 Å². The summed E-state index contributed by atoms with van der Waals surface area (Å²) < 4.78 is 0. The average molecular weight is 511 g/mol. The van der Waals surface area contributed by atoms with Crippen LogP contribution in [-0.2, 0) is 0 Å². The van der Waals surface area contributed by atoms with Crippen molar-refractivity contribution in [1.82, 2.24) is 0 Å². The number of benzene rings is 5. The lowest BCUT2D eigenvalue weighted by Gasteiger charge is -2.08. The summed E-state index contributed by atoms with van der Waals surface area (Å²) in [5.74, 6) is 0. The van der Waals surface area contributed by atoms with Crippen molar-refractivity contribution in [3.8, 4) is 33.4 Å². The van der Waals surface area contributed by atoms with E-state index in [1.54, 1.807) is 0 Å². The van der Waals surface area contributed by atoms with E-state index >= 15 is 0 Å². The summed E-state index contributed by atoms with van der Waals surface area (Å²) in [7, 11) is 0. The Balaban J connectivity index is 1.39. The lowest BCUT2D eigenvalue weighted by molar-refractivity contribution is 1.46. The van der Waals surface area contributed by atoms with E-state index in [2.05, 4.69) is 137 Å². The van der Waals surface area contributed by atoms with Gasteiger partial charge >= 0.3 is 0 Å². The summed E-state index contributed by atoms with van der Waals surface area (Å²) in [6, 6.07) is 38.7. The van der Waals surface area contributed by atoms with Gasteiger partial charge in [0.15, 0.2) is 0 Å². The van der Waals surface area contributed by atoms with Gasteiger partial charge in [0.25, 0.3) is 0 Å². The molecule has 5 aromatic rings. The first-order valence-electron chi connectivity index (χ1n) is 12.9. The molecule has 0 fully saturated rings. The Morgan fingerprint density at radius 3 is 1.68 bits per heavy atom. The lowest BCUT2D eigenvalue weighted by atomic mass is 9.97. The Morgan fingerprint density at radius 2 is 1.11 bits per heavy atom. The van der Waals surface area contributed by atoms with Crippen molar-refractivity contribution in [2.45, 2.75) is 20.8 Å². The number of hydrogen-bond acceptors (Lipinski definition) is 0. The molecule has 0 heterocycles. The van der Waals surface area contributed by atoms with Crippen molar-refractivity contribution < 1.29 is 0 Å². The molecule has 0 amide bonds. The fourth-order valence-corrected chi connectivity index (χ4v) is 5.08. The van der Waals surface area contributed by atoms with Gasteiger partial charge in [0.2, 0.25) is 0 Å². The van der Waals surface area contributed by atoms with E-state index in [1.807, 2.05) is 12.1 Å². The molecular formula is C37H31Cl. The molecule has 0 bridgehead atoms. The van der Waals surface area contributed by atoms with Crippen LogP contribution >= 0.6 is 11.6 Å². The van der Waals surface area contributed by atoms with Crippen LogP contribution in [0.2, 0.25) is 5.02 Å². The highest BCUT2D eigenvalue weighted by Gasteiger charge is 2.04.